The summed E-state index contributed by atoms with van der Waals surface area (Å²) in [6.07, 6.45) is 7.26. The number of thiazole rings is 1. The Labute approximate surface area is 139 Å². The molecule has 0 aliphatic rings. The summed E-state index contributed by atoms with van der Waals surface area (Å²) < 4.78 is 1.92. The van der Waals surface area contributed by atoms with Crippen molar-refractivity contribution in [2.24, 2.45) is 0 Å². The molecule has 1 N–H and O–H groups in total. The van der Waals surface area contributed by atoms with Crippen LogP contribution in [-0.4, -0.2) is 20.4 Å². The van der Waals surface area contributed by atoms with Gasteiger partial charge in [0.25, 0.3) is 5.91 Å². The van der Waals surface area contributed by atoms with Crippen LogP contribution in [0, 0.1) is 6.92 Å². The Balaban J connectivity index is 1.91. The first-order valence-electron chi connectivity index (χ1n) is 7.55. The molecule has 3 rings (SSSR count). The second-order valence-electron chi connectivity index (χ2n) is 5.24. The Kier molecular flexibility index (Phi) is 4.52. The summed E-state index contributed by atoms with van der Waals surface area (Å²) in [6, 6.07) is 7.66. The first-order valence-corrected chi connectivity index (χ1v) is 8.36. The molecule has 23 heavy (non-hydrogen) atoms. The highest BCUT2D eigenvalue weighted by molar-refractivity contribution is 7.16. The molecule has 3 heterocycles. The van der Waals surface area contributed by atoms with E-state index in [1.807, 2.05) is 48.1 Å². The van der Waals surface area contributed by atoms with Crippen LogP contribution in [0.1, 0.15) is 34.3 Å². The molecule has 5 nitrogen and oxygen atoms in total. The van der Waals surface area contributed by atoms with Gasteiger partial charge in [-0.15, -0.1) is 0 Å². The third-order valence-electron chi connectivity index (χ3n) is 3.45. The first-order chi connectivity index (χ1) is 11.2. The molecule has 3 aromatic rings. The van der Waals surface area contributed by atoms with Crippen LogP contribution in [0.25, 0.3) is 5.13 Å². The Bertz CT molecular complexity index is 808. The van der Waals surface area contributed by atoms with Crippen molar-refractivity contribution >= 4 is 23.1 Å². The van der Waals surface area contributed by atoms with Crippen LogP contribution >= 0.6 is 11.3 Å². The van der Waals surface area contributed by atoms with Crippen molar-refractivity contribution in [3.8, 4) is 5.13 Å². The van der Waals surface area contributed by atoms with Crippen LogP contribution in [-0.2, 0) is 6.42 Å². The molecule has 3 aromatic heterocycles. The molecule has 0 aliphatic carbocycles. The Morgan fingerprint density at radius 1 is 1.30 bits per heavy atom. The van der Waals surface area contributed by atoms with Gasteiger partial charge in [0.1, 0.15) is 10.7 Å². The highest BCUT2D eigenvalue weighted by Crippen LogP contribution is 2.24. The van der Waals surface area contributed by atoms with E-state index in [1.165, 1.54) is 11.3 Å². The average molecular weight is 326 g/mol. The number of anilines is 1. The predicted molar refractivity (Wildman–Crippen MR) is 92.4 cm³/mol. The number of carbonyl (C=O) groups excluding carboxylic acids is 1. The summed E-state index contributed by atoms with van der Waals surface area (Å²) in [6.45, 7) is 4.01. The molecule has 0 spiro atoms. The smallest absolute Gasteiger partial charge is 0.268 e. The van der Waals surface area contributed by atoms with Crippen LogP contribution < -0.4 is 5.32 Å². The molecule has 0 aliphatic heterocycles. The van der Waals surface area contributed by atoms with E-state index in [1.54, 1.807) is 6.20 Å². The maximum absolute atomic E-state index is 12.7. The summed E-state index contributed by atoms with van der Waals surface area (Å²) in [5, 5.41) is 3.70. The zero-order valence-electron chi connectivity index (χ0n) is 13.1. The van der Waals surface area contributed by atoms with E-state index in [4.69, 9.17) is 0 Å². The van der Waals surface area contributed by atoms with Gasteiger partial charge < -0.3 is 9.88 Å². The van der Waals surface area contributed by atoms with Gasteiger partial charge in [0, 0.05) is 18.6 Å². The molecule has 0 saturated heterocycles. The van der Waals surface area contributed by atoms with E-state index < -0.39 is 0 Å². The number of carbonyl (C=O) groups is 1. The largest absolute Gasteiger partial charge is 0.306 e. The monoisotopic (exact) mass is 326 g/mol. The highest BCUT2D eigenvalue weighted by atomic mass is 32.1. The van der Waals surface area contributed by atoms with Crippen molar-refractivity contribution in [2.75, 3.05) is 5.32 Å². The average Bonchev–Trinajstić information content (AvgIpc) is 3.19. The molecule has 6 heteroatoms. The number of nitrogens with one attached hydrogen (secondary N) is 1. The quantitative estimate of drug-likeness (QED) is 0.775. The summed E-state index contributed by atoms with van der Waals surface area (Å²) in [5.74, 6) is 0.446. The molecular weight excluding hydrogens is 308 g/mol. The highest BCUT2D eigenvalue weighted by Gasteiger charge is 2.19. The van der Waals surface area contributed by atoms with Crippen molar-refractivity contribution in [3.63, 3.8) is 0 Å². The minimum Gasteiger partial charge on any atom is -0.306 e. The lowest BCUT2D eigenvalue weighted by atomic mass is 10.2. The minimum atomic E-state index is -0.147. The molecule has 118 valence electrons. The number of pyridine rings is 1. The number of nitrogens with zero attached hydrogens (tertiary/aromatic N) is 3. The van der Waals surface area contributed by atoms with Gasteiger partial charge in [0.15, 0.2) is 5.13 Å². The molecule has 0 fully saturated rings. The van der Waals surface area contributed by atoms with E-state index >= 15 is 0 Å². The third-order valence-corrected chi connectivity index (χ3v) is 4.56. The lowest BCUT2D eigenvalue weighted by Crippen LogP contribution is -2.14. The van der Waals surface area contributed by atoms with Crippen molar-refractivity contribution in [1.82, 2.24) is 14.5 Å². The van der Waals surface area contributed by atoms with Gasteiger partial charge >= 0.3 is 0 Å². The van der Waals surface area contributed by atoms with Crippen LogP contribution in [0.5, 0.6) is 0 Å². The van der Waals surface area contributed by atoms with Crippen LogP contribution in [0.4, 0.5) is 5.82 Å². The van der Waals surface area contributed by atoms with Gasteiger partial charge in [-0.25, -0.2) is 9.97 Å². The van der Waals surface area contributed by atoms with E-state index in [0.717, 1.165) is 29.2 Å². The lowest BCUT2D eigenvalue weighted by molar-refractivity contribution is 0.102. The predicted octanol–water partition coefficient (Wildman–Crippen LogP) is 3.84. The van der Waals surface area contributed by atoms with Gasteiger partial charge in [-0.2, -0.15) is 0 Å². The zero-order valence-corrected chi connectivity index (χ0v) is 13.9. The minimum absolute atomic E-state index is 0.147. The fraction of sp³-hybridized carbons (Fsp3) is 0.235. The molecule has 0 radical (unpaired) electrons. The van der Waals surface area contributed by atoms with Crippen molar-refractivity contribution in [2.45, 2.75) is 26.7 Å². The molecule has 0 unspecified atom stereocenters. The second-order valence-corrected chi connectivity index (χ2v) is 6.21. The van der Waals surface area contributed by atoms with E-state index in [9.17, 15) is 4.79 Å². The molecule has 0 saturated carbocycles. The maximum Gasteiger partial charge on any atom is 0.268 e. The Hall–Kier alpha value is -2.47. The van der Waals surface area contributed by atoms with E-state index in [0.29, 0.717) is 10.7 Å². The second kappa shape index (κ2) is 6.75. The number of rotatable bonds is 5. The van der Waals surface area contributed by atoms with Crippen LogP contribution in [0.15, 0.2) is 42.9 Å². The van der Waals surface area contributed by atoms with E-state index in [-0.39, 0.29) is 5.91 Å². The normalized spacial score (nSPS) is 10.7. The summed E-state index contributed by atoms with van der Waals surface area (Å²) in [4.78, 5) is 22.2. The van der Waals surface area contributed by atoms with Crippen molar-refractivity contribution in [3.05, 3.63) is 59.0 Å². The van der Waals surface area contributed by atoms with Crippen LogP contribution in [0.3, 0.4) is 0 Å². The lowest BCUT2D eigenvalue weighted by Gasteiger charge is -2.06. The van der Waals surface area contributed by atoms with Gasteiger partial charge in [0.2, 0.25) is 0 Å². The first kappa shape index (κ1) is 15.4. The topological polar surface area (TPSA) is 59.8 Å². The molecule has 1 amide bonds. The number of aryl methyl sites for hydroxylation is 2. The van der Waals surface area contributed by atoms with Crippen molar-refractivity contribution < 1.29 is 4.79 Å². The fourth-order valence-corrected chi connectivity index (χ4v) is 3.25. The zero-order chi connectivity index (χ0) is 16.2. The standard InChI is InChI=1S/C17H18N4OS/c1-3-7-13-14(23-17(19-13)21-10-4-5-11-21)16(22)20-15-12(2)8-6-9-18-15/h4-6,8-11H,3,7H2,1-2H3,(H,18,20,22). The van der Waals surface area contributed by atoms with Gasteiger partial charge in [-0.1, -0.05) is 30.7 Å². The number of hydrogen-bond acceptors (Lipinski definition) is 4. The molecular formula is C17H18N4OS. The van der Waals surface area contributed by atoms with Gasteiger partial charge in [-0.05, 0) is 37.1 Å². The summed E-state index contributed by atoms with van der Waals surface area (Å²) in [7, 11) is 0. The van der Waals surface area contributed by atoms with Crippen molar-refractivity contribution in [1.29, 1.82) is 0 Å². The Morgan fingerprint density at radius 2 is 2.09 bits per heavy atom. The molecule has 0 atom stereocenters. The van der Waals surface area contributed by atoms with Gasteiger partial charge in [0.05, 0.1) is 5.69 Å². The fourth-order valence-electron chi connectivity index (χ4n) is 2.28. The Morgan fingerprint density at radius 3 is 2.78 bits per heavy atom. The van der Waals surface area contributed by atoms with E-state index in [2.05, 4.69) is 22.2 Å². The summed E-state index contributed by atoms with van der Waals surface area (Å²) >= 11 is 1.40. The third kappa shape index (κ3) is 3.32. The number of amides is 1. The number of aromatic nitrogens is 3. The molecule has 0 aromatic carbocycles. The molecule has 0 bridgehead atoms. The maximum atomic E-state index is 12.7. The SMILES string of the molecule is CCCc1nc(-n2cccc2)sc1C(=O)Nc1ncccc1C. The number of hydrogen-bond donors (Lipinski definition) is 1. The van der Waals surface area contributed by atoms with Crippen LogP contribution in [0.2, 0.25) is 0 Å². The van der Waals surface area contributed by atoms with Gasteiger partial charge in [-0.3, -0.25) is 4.79 Å². The summed E-state index contributed by atoms with van der Waals surface area (Å²) in [5.41, 5.74) is 1.78.